The summed E-state index contributed by atoms with van der Waals surface area (Å²) in [7, 11) is 0. The molecule has 25 heavy (non-hydrogen) atoms. The SMILES string of the molecule is CC(C)(C)[N+]1(C(=O)O)[C@H](C(=O)OCc2ccccc2)C[C@@H]2CCC[C@@H]21. The Morgan fingerprint density at radius 2 is 1.88 bits per heavy atom. The van der Waals surface area contributed by atoms with Gasteiger partial charge in [-0.05, 0) is 39.2 Å². The topological polar surface area (TPSA) is 63.6 Å². The number of fused-ring (bicyclic) bond motifs is 1. The van der Waals surface area contributed by atoms with Crippen molar-refractivity contribution in [3.8, 4) is 0 Å². The van der Waals surface area contributed by atoms with Gasteiger partial charge in [0.15, 0.2) is 6.04 Å². The zero-order valence-electron chi connectivity index (χ0n) is 15.3. The van der Waals surface area contributed by atoms with Gasteiger partial charge in [0.1, 0.15) is 18.2 Å². The fourth-order valence-corrected chi connectivity index (χ4v) is 5.13. The molecule has 0 aromatic heterocycles. The second-order valence-electron chi connectivity index (χ2n) is 8.33. The molecule has 3 rings (SSSR count). The number of quaternary nitrogens is 1. The number of hydrogen-bond donors (Lipinski definition) is 1. The Balaban J connectivity index is 1.87. The first-order chi connectivity index (χ1) is 11.8. The summed E-state index contributed by atoms with van der Waals surface area (Å²) in [5.41, 5.74) is 0.352. The van der Waals surface area contributed by atoms with Gasteiger partial charge in [0.25, 0.3) is 0 Å². The molecule has 5 heteroatoms. The summed E-state index contributed by atoms with van der Waals surface area (Å²) in [6.45, 7) is 5.98. The van der Waals surface area contributed by atoms with E-state index in [9.17, 15) is 14.7 Å². The lowest BCUT2D eigenvalue weighted by Gasteiger charge is -2.47. The molecule has 1 N–H and O–H groups in total. The highest BCUT2D eigenvalue weighted by atomic mass is 16.5. The van der Waals surface area contributed by atoms with E-state index in [0.717, 1.165) is 24.8 Å². The molecular formula is C20H28NO4+. The lowest BCUT2D eigenvalue weighted by atomic mass is 9.96. The van der Waals surface area contributed by atoms with Crippen LogP contribution in [-0.2, 0) is 16.1 Å². The van der Waals surface area contributed by atoms with Gasteiger partial charge in [-0.1, -0.05) is 30.3 Å². The van der Waals surface area contributed by atoms with Crippen LogP contribution in [0.4, 0.5) is 4.79 Å². The van der Waals surface area contributed by atoms with Gasteiger partial charge in [0, 0.05) is 18.8 Å². The van der Waals surface area contributed by atoms with Gasteiger partial charge < -0.3 is 9.84 Å². The average molecular weight is 346 g/mol. The lowest BCUT2D eigenvalue weighted by Crippen LogP contribution is -2.71. The van der Waals surface area contributed by atoms with Crippen molar-refractivity contribution in [2.24, 2.45) is 5.92 Å². The third kappa shape index (κ3) is 2.84. The molecule has 136 valence electrons. The number of esters is 1. The van der Waals surface area contributed by atoms with Crippen LogP contribution >= 0.6 is 0 Å². The van der Waals surface area contributed by atoms with E-state index in [1.54, 1.807) is 0 Å². The van der Waals surface area contributed by atoms with Gasteiger partial charge in [-0.3, -0.25) is 0 Å². The molecule has 2 fully saturated rings. The van der Waals surface area contributed by atoms with E-state index >= 15 is 0 Å². The van der Waals surface area contributed by atoms with Crippen LogP contribution in [0.3, 0.4) is 0 Å². The zero-order valence-corrected chi connectivity index (χ0v) is 15.3. The van der Waals surface area contributed by atoms with Gasteiger partial charge in [0.2, 0.25) is 0 Å². The highest BCUT2D eigenvalue weighted by molar-refractivity contribution is 5.78. The molecule has 0 bridgehead atoms. The smallest absolute Gasteiger partial charge is 0.456 e. The first kappa shape index (κ1) is 17.9. The van der Waals surface area contributed by atoms with E-state index in [1.165, 1.54) is 0 Å². The van der Waals surface area contributed by atoms with E-state index < -0.39 is 17.7 Å². The molecule has 1 unspecified atom stereocenters. The molecule has 1 aliphatic heterocycles. The maximum atomic E-state index is 12.9. The maximum Gasteiger partial charge on any atom is 0.514 e. The van der Waals surface area contributed by atoms with Crippen LogP contribution in [0.2, 0.25) is 0 Å². The number of rotatable bonds is 3. The van der Waals surface area contributed by atoms with Crippen molar-refractivity contribution >= 4 is 12.1 Å². The summed E-state index contributed by atoms with van der Waals surface area (Å²) in [6.07, 6.45) is 2.64. The number of carbonyl (C=O) groups is 2. The third-order valence-electron chi connectivity index (χ3n) is 6.08. The van der Waals surface area contributed by atoms with Crippen LogP contribution in [0, 0.1) is 5.92 Å². The predicted octanol–water partition coefficient (Wildman–Crippen LogP) is 3.96. The molecule has 2 aliphatic rings. The second-order valence-corrected chi connectivity index (χ2v) is 8.33. The number of hydrogen-bond acceptors (Lipinski definition) is 3. The predicted molar refractivity (Wildman–Crippen MR) is 93.8 cm³/mol. The average Bonchev–Trinajstić information content (AvgIpc) is 3.12. The Hall–Kier alpha value is -1.88. The molecule has 4 atom stereocenters. The van der Waals surface area contributed by atoms with E-state index in [2.05, 4.69) is 0 Å². The molecule has 1 saturated heterocycles. The van der Waals surface area contributed by atoms with E-state index in [0.29, 0.717) is 12.3 Å². The van der Waals surface area contributed by atoms with E-state index in [1.807, 2.05) is 51.1 Å². The van der Waals surface area contributed by atoms with Crippen LogP contribution < -0.4 is 0 Å². The summed E-state index contributed by atoms with van der Waals surface area (Å²) in [6, 6.07) is 8.89. The Bertz CT molecular complexity index is 651. The summed E-state index contributed by atoms with van der Waals surface area (Å²) in [4.78, 5) is 25.4. The number of carbonyl (C=O) groups excluding carboxylic acids is 1. The van der Waals surface area contributed by atoms with Gasteiger partial charge >= 0.3 is 12.1 Å². The molecule has 1 saturated carbocycles. The molecular weight excluding hydrogens is 318 g/mol. The van der Waals surface area contributed by atoms with Gasteiger partial charge in [-0.2, -0.15) is 4.79 Å². The number of amides is 1. The minimum absolute atomic E-state index is 0.00627. The summed E-state index contributed by atoms with van der Waals surface area (Å²) >= 11 is 0. The van der Waals surface area contributed by atoms with Crippen LogP contribution in [0.5, 0.6) is 0 Å². The van der Waals surface area contributed by atoms with Crippen LogP contribution in [0.1, 0.15) is 52.0 Å². The largest absolute Gasteiger partial charge is 0.514 e. The van der Waals surface area contributed by atoms with Gasteiger partial charge in [-0.25, -0.2) is 9.28 Å². The Morgan fingerprint density at radius 1 is 1.20 bits per heavy atom. The Labute approximate surface area is 149 Å². The van der Waals surface area contributed by atoms with Crippen LogP contribution in [0.25, 0.3) is 0 Å². The number of benzene rings is 1. The van der Waals surface area contributed by atoms with Gasteiger partial charge in [-0.15, -0.1) is 0 Å². The minimum Gasteiger partial charge on any atom is -0.456 e. The van der Waals surface area contributed by atoms with Crippen molar-refractivity contribution in [2.75, 3.05) is 0 Å². The molecule has 5 nitrogen and oxygen atoms in total. The minimum atomic E-state index is -0.899. The van der Waals surface area contributed by atoms with Crippen molar-refractivity contribution in [1.29, 1.82) is 0 Å². The van der Waals surface area contributed by atoms with Crippen molar-refractivity contribution in [3.63, 3.8) is 0 Å². The monoisotopic (exact) mass is 346 g/mol. The number of nitrogens with zero attached hydrogens (tertiary/aromatic N) is 1. The van der Waals surface area contributed by atoms with E-state index in [4.69, 9.17) is 4.74 Å². The quantitative estimate of drug-likeness (QED) is 0.664. The summed E-state index contributed by atoms with van der Waals surface area (Å²) in [5, 5.41) is 10.2. The van der Waals surface area contributed by atoms with Crippen molar-refractivity contribution in [2.45, 2.75) is 70.7 Å². The molecule has 1 amide bonds. The van der Waals surface area contributed by atoms with Crippen LogP contribution in [-0.4, -0.2) is 39.3 Å². The second kappa shape index (κ2) is 6.45. The fraction of sp³-hybridized carbons (Fsp3) is 0.600. The molecule has 1 aliphatic carbocycles. The first-order valence-electron chi connectivity index (χ1n) is 9.11. The highest BCUT2D eigenvalue weighted by Crippen LogP contribution is 2.51. The molecule has 1 aromatic rings. The first-order valence-corrected chi connectivity index (χ1v) is 9.11. The summed E-state index contributed by atoms with van der Waals surface area (Å²) < 4.78 is 5.37. The number of ether oxygens (including phenoxy) is 1. The van der Waals surface area contributed by atoms with Gasteiger partial charge in [0.05, 0.1) is 0 Å². The lowest BCUT2D eigenvalue weighted by molar-refractivity contribution is -0.929. The zero-order chi connectivity index (χ0) is 18.2. The van der Waals surface area contributed by atoms with Crippen LogP contribution in [0.15, 0.2) is 30.3 Å². The van der Waals surface area contributed by atoms with Crippen molar-refractivity contribution in [3.05, 3.63) is 35.9 Å². The fourth-order valence-electron chi connectivity index (χ4n) is 5.13. The standard InChI is InChI=1S/C20H27NO4/c1-20(2,3)21(19(23)24)16-11-7-10-15(16)12-17(21)18(22)25-13-14-8-5-4-6-9-14/h4-6,8-9,15-17H,7,10-13H2,1-3H3/p+1/t15-,16-,17-,21?/m0/s1. The number of carboxylic acid groups (broad SMARTS) is 1. The Kier molecular flexibility index (Phi) is 4.62. The van der Waals surface area contributed by atoms with Crippen molar-refractivity contribution < 1.29 is 23.9 Å². The van der Waals surface area contributed by atoms with E-state index in [-0.39, 0.29) is 23.1 Å². The van der Waals surface area contributed by atoms with Crippen molar-refractivity contribution in [1.82, 2.24) is 0 Å². The normalized spacial score (nSPS) is 31.6. The molecule has 1 heterocycles. The molecule has 0 spiro atoms. The summed E-state index contributed by atoms with van der Waals surface area (Å²) in [5.74, 6) is -0.0832. The maximum absolute atomic E-state index is 12.9. The number of likely N-dealkylation sites (tertiary alicyclic amines) is 1. The third-order valence-corrected chi connectivity index (χ3v) is 6.08. The molecule has 0 radical (unpaired) electrons. The molecule has 1 aromatic carbocycles. The highest BCUT2D eigenvalue weighted by Gasteiger charge is 2.68. The Morgan fingerprint density at radius 3 is 2.48 bits per heavy atom.